The smallest absolute Gasteiger partial charge is 0.335 e. The predicted molar refractivity (Wildman–Crippen MR) is 83.8 cm³/mol. The van der Waals surface area contributed by atoms with Crippen LogP contribution in [0.1, 0.15) is 17.3 Å². The number of carbonyl (C=O) groups is 1. The van der Waals surface area contributed by atoms with Crippen LogP contribution >= 0.6 is 27.7 Å². The Morgan fingerprint density at radius 2 is 2.15 bits per heavy atom. The molecule has 0 spiro atoms. The van der Waals surface area contributed by atoms with E-state index in [1.807, 2.05) is 13.2 Å². The highest BCUT2D eigenvalue weighted by molar-refractivity contribution is 9.10. The van der Waals surface area contributed by atoms with E-state index in [4.69, 9.17) is 5.11 Å². The lowest BCUT2D eigenvalue weighted by Gasteiger charge is -2.13. The molecule has 2 N–H and O–H groups in total. The molecule has 0 amide bonds. The molecule has 0 bridgehead atoms. The summed E-state index contributed by atoms with van der Waals surface area (Å²) >= 11 is 4.78. The van der Waals surface area contributed by atoms with Gasteiger partial charge in [-0.1, -0.05) is 6.92 Å². The van der Waals surface area contributed by atoms with Crippen molar-refractivity contribution in [1.29, 1.82) is 0 Å². The van der Waals surface area contributed by atoms with Gasteiger partial charge in [-0.05, 0) is 52.1 Å². The Kier molecular flexibility index (Phi) is 6.50. The fourth-order valence-electron chi connectivity index (χ4n) is 1.52. The second-order valence-electron chi connectivity index (χ2n) is 4.36. The Bertz CT molecular complexity index is 589. The van der Waals surface area contributed by atoms with Crippen LogP contribution in [0, 0.1) is 5.92 Å². The number of carboxylic acid groups (broad SMARTS) is 1. The second-order valence-corrected chi connectivity index (χ2v) is 7.86. The van der Waals surface area contributed by atoms with Crippen LogP contribution in [0.15, 0.2) is 27.6 Å². The van der Waals surface area contributed by atoms with Gasteiger partial charge in [-0.25, -0.2) is 17.9 Å². The molecule has 1 atom stereocenters. The van der Waals surface area contributed by atoms with E-state index >= 15 is 0 Å². The quantitative estimate of drug-likeness (QED) is 0.757. The molecule has 0 aliphatic rings. The average Bonchev–Trinajstić information content (AvgIpc) is 2.37. The van der Waals surface area contributed by atoms with Crippen LogP contribution in [0.5, 0.6) is 0 Å². The molecule has 0 heterocycles. The number of halogens is 1. The Hall–Kier alpha value is -0.570. The van der Waals surface area contributed by atoms with Crippen molar-refractivity contribution in [2.75, 3.05) is 18.6 Å². The number of hydrogen-bond donors (Lipinski definition) is 2. The molecule has 0 aliphatic heterocycles. The summed E-state index contributed by atoms with van der Waals surface area (Å²) in [4.78, 5) is 10.8. The van der Waals surface area contributed by atoms with Crippen LogP contribution < -0.4 is 4.72 Å². The van der Waals surface area contributed by atoms with Crippen LogP contribution in [0.3, 0.4) is 0 Å². The standard InChI is InChI=1S/C12H16BrNO4S2/c1-8(7-19-2)6-14-20(17,18)11-5-9(12(15)16)3-4-10(11)13/h3-5,8,14H,6-7H2,1-2H3,(H,15,16). The van der Waals surface area contributed by atoms with Gasteiger partial charge >= 0.3 is 5.97 Å². The molecule has 1 rings (SSSR count). The number of benzene rings is 1. The molecule has 0 aromatic heterocycles. The van der Waals surface area contributed by atoms with Crippen molar-refractivity contribution in [2.24, 2.45) is 5.92 Å². The minimum absolute atomic E-state index is 0.0613. The van der Waals surface area contributed by atoms with Gasteiger partial charge in [0.25, 0.3) is 0 Å². The molecule has 1 aromatic carbocycles. The van der Waals surface area contributed by atoms with Gasteiger partial charge in [0.2, 0.25) is 10.0 Å². The molecule has 5 nitrogen and oxygen atoms in total. The number of sulfonamides is 1. The molecule has 1 aromatic rings. The van der Waals surface area contributed by atoms with Crippen molar-refractivity contribution in [2.45, 2.75) is 11.8 Å². The first kappa shape index (κ1) is 17.5. The molecule has 8 heteroatoms. The van der Waals surface area contributed by atoms with Crippen molar-refractivity contribution in [3.63, 3.8) is 0 Å². The van der Waals surface area contributed by atoms with Gasteiger partial charge in [0.05, 0.1) is 10.5 Å². The highest BCUT2D eigenvalue weighted by Gasteiger charge is 2.20. The number of nitrogens with one attached hydrogen (secondary N) is 1. The number of aromatic carboxylic acids is 1. The molecular formula is C12H16BrNO4S2. The van der Waals surface area contributed by atoms with Gasteiger partial charge in [0.1, 0.15) is 0 Å². The molecule has 1 unspecified atom stereocenters. The van der Waals surface area contributed by atoms with Crippen LogP contribution in [0.2, 0.25) is 0 Å². The summed E-state index contributed by atoms with van der Waals surface area (Å²) in [5.74, 6) is -0.121. The average molecular weight is 382 g/mol. The Labute approximate surface area is 131 Å². The van der Waals surface area contributed by atoms with Crippen molar-refractivity contribution >= 4 is 43.7 Å². The zero-order valence-electron chi connectivity index (χ0n) is 11.1. The van der Waals surface area contributed by atoms with Crippen molar-refractivity contribution in [1.82, 2.24) is 4.72 Å². The van der Waals surface area contributed by atoms with Crippen LogP contribution in [-0.2, 0) is 10.0 Å². The van der Waals surface area contributed by atoms with E-state index in [-0.39, 0.29) is 16.4 Å². The molecule has 0 saturated heterocycles. The van der Waals surface area contributed by atoms with Crippen LogP contribution in [0.25, 0.3) is 0 Å². The minimum atomic E-state index is -3.73. The summed E-state index contributed by atoms with van der Waals surface area (Å²) < 4.78 is 27.2. The largest absolute Gasteiger partial charge is 0.478 e. The van der Waals surface area contributed by atoms with E-state index in [1.54, 1.807) is 11.8 Å². The van der Waals surface area contributed by atoms with Crippen LogP contribution in [-0.4, -0.2) is 38.0 Å². The Morgan fingerprint density at radius 1 is 1.50 bits per heavy atom. The second kappa shape index (κ2) is 7.44. The van der Waals surface area contributed by atoms with Gasteiger partial charge in [0, 0.05) is 11.0 Å². The molecule has 20 heavy (non-hydrogen) atoms. The molecule has 0 radical (unpaired) electrons. The SMILES string of the molecule is CSCC(C)CNS(=O)(=O)c1cc(C(=O)O)ccc1Br. The maximum atomic E-state index is 12.2. The summed E-state index contributed by atoms with van der Waals surface area (Å²) in [6.45, 7) is 2.26. The van der Waals surface area contributed by atoms with E-state index in [0.717, 1.165) is 11.8 Å². The first-order valence-electron chi connectivity index (χ1n) is 5.79. The highest BCUT2D eigenvalue weighted by atomic mass is 79.9. The minimum Gasteiger partial charge on any atom is -0.478 e. The highest BCUT2D eigenvalue weighted by Crippen LogP contribution is 2.23. The normalized spacial score (nSPS) is 13.2. The fourth-order valence-corrected chi connectivity index (χ4v) is 4.35. The lowest BCUT2D eigenvalue weighted by Crippen LogP contribution is -2.29. The van der Waals surface area contributed by atoms with Gasteiger partial charge in [0.15, 0.2) is 0 Å². The van der Waals surface area contributed by atoms with Crippen LogP contribution in [0.4, 0.5) is 0 Å². The van der Waals surface area contributed by atoms with E-state index in [9.17, 15) is 13.2 Å². The lowest BCUT2D eigenvalue weighted by molar-refractivity contribution is 0.0696. The summed E-state index contributed by atoms with van der Waals surface area (Å²) in [5.41, 5.74) is -0.0641. The van der Waals surface area contributed by atoms with Gasteiger partial charge < -0.3 is 5.11 Å². The maximum absolute atomic E-state index is 12.2. The molecule has 0 aliphatic carbocycles. The zero-order chi connectivity index (χ0) is 15.3. The topological polar surface area (TPSA) is 83.5 Å². The number of thioether (sulfide) groups is 1. The van der Waals surface area contributed by atoms with E-state index in [0.29, 0.717) is 11.0 Å². The van der Waals surface area contributed by atoms with Crippen molar-refractivity contribution in [3.05, 3.63) is 28.2 Å². The molecule has 0 fully saturated rings. The van der Waals surface area contributed by atoms with Crippen molar-refractivity contribution < 1.29 is 18.3 Å². The lowest BCUT2D eigenvalue weighted by atomic mass is 10.2. The summed E-state index contributed by atoms with van der Waals surface area (Å²) in [6, 6.07) is 3.92. The third kappa shape index (κ3) is 4.76. The van der Waals surface area contributed by atoms with Gasteiger partial charge in [-0.2, -0.15) is 11.8 Å². The number of carboxylic acids is 1. The van der Waals surface area contributed by atoms with E-state index in [1.165, 1.54) is 12.1 Å². The first-order chi connectivity index (χ1) is 9.27. The molecule has 0 saturated carbocycles. The summed E-state index contributed by atoms with van der Waals surface area (Å²) in [6.07, 6.45) is 1.96. The Morgan fingerprint density at radius 3 is 2.70 bits per heavy atom. The van der Waals surface area contributed by atoms with Gasteiger partial charge in [-0.15, -0.1) is 0 Å². The Balaban J connectivity index is 2.97. The fraction of sp³-hybridized carbons (Fsp3) is 0.417. The third-order valence-electron chi connectivity index (χ3n) is 2.54. The van der Waals surface area contributed by atoms with E-state index < -0.39 is 16.0 Å². The predicted octanol–water partition coefficient (Wildman–Crippen LogP) is 2.42. The number of rotatable bonds is 7. The summed E-state index contributed by atoms with van der Waals surface area (Å²) in [5, 5.41) is 8.92. The molecular weight excluding hydrogens is 366 g/mol. The number of hydrogen-bond acceptors (Lipinski definition) is 4. The third-order valence-corrected chi connectivity index (χ3v) is 5.86. The monoisotopic (exact) mass is 381 g/mol. The van der Waals surface area contributed by atoms with Gasteiger partial charge in [-0.3, -0.25) is 0 Å². The zero-order valence-corrected chi connectivity index (χ0v) is 14.3. The van der Waals surface area contributed by atoms with E-state index in [2.05, 4.69) is 20.7 Å². The summed E-state index contributed by atoms with van der Waals surface area (Å²) in [7, 11) is -3.73. The van der Waals surface area contributed by atoms with Crippen molar-refractivity contribution in [3.8, 4) is 0 Å². The maximum Gasteiger partial charge on any atom is 0.335 e. The molecule has 112 valence electrons. The first-order valence-corrected chi connectivity index (χ1v) is 9.46.